The molecular weight excluding hydrogens is 242 g/mol. The van der Waals surface area contributed by atoms with Crippen LogP contribution in [0.15, 0.2) is 47.6 Å². The molecule has 0 saturated carbocycles. The topological polar surface area (TPSA) is 3.24 Å². The summed E-state index contributed by atoms with van der Waals surface area (Å²) in [5, 5.41) is 0. The van der Waals surface area contributed by atoms with Gasteiger partial charge in [0.05, 0.1) is 0 Å². The van der Waals surface area contributed by atoms with E-state index in [9.17, 15) is 0 Å². The van der Waals surface area contributed by atoms with E-state index in [1.54, 1.807) is 0 Å². The Balaban J connectivity index is 3.93. The number of hydrogen-bond donors (Lipinski definition) is 0. The van der Waals surface area contributed by atoms with Crippen LogP contribution in [-0.2, 0) is 0 Å². The number of allylic oxidation sites excluding steroid dienone is 5. The molecule has 0 fully saturated rings. The molecule has 0 heterocycles. The fourth-order valence-electron chi connectivity index (χ4n) is 1.95. The van der Waals surface area contributed by atoms with Crippen LogP contribution in [0.3, 0.4) is 0 Å². The van der Waals surface area contributed by atoms with Gasteiger partial charge >= 0.3 is 0 Å². The fourth-order valence-corrected chi connectivity index (χ4v) is 1.95. The standard InChI is InChI=1S/C19H33N/c1-7-15-20(6)16-14-19(5)13-9-12-18(4)11-8-10-17(2)3/h7,10,12,14H,1,8-9,11,13,15-16H2,2-6H3/b18-12+,19-14+. The molecule has 0 amide bonds. The zero-order valence-electron chi connectivity index (χ0n) is 14.2. The first-order valence-corrected chi connectivity index (χ1v) is 7.69. The van der Waals surface area contributed by atoms with Crippen molar-refractivity contribution >= 4 is 0 Å². The zero-order chi connectivity index (χ0) is 15.4. The van der Waals surface area contributed by atoms with E-state index in [1.165, 1.54) is 36.0 Å². The van der Waals surface area contributed by atoms with Crippen molar-refractivity contribution in [2.45, 2.75) is 53.4 Å². The van der Waals surface area contributed by atoms with E-state index in [4.69, 9.17) is 0 Å². The van der Waals surface area contributed by atoms with E-state index in [2.05, 4.69) is 64.4 Å². The van der Waals surface area contributed by atoms with Crippen molar-refractivity contribution in [1.29, 1.82) is 0 Å². The minimum atomic E-state index is 0.952. The lowest BCUT2D eigenvalue weighted by Gasteiger charge is -2.11. The maximum atomic E-state index is 3.76. The summed E-state index contributed by atoms with van der Waals surface area (Å²) in [7, 11) is 2.12. The maximum absolute atomic E-state index is 3.76. The van der Waals surface area contributed by atoms with Crippen LogP contribution in [0.2, 0.25) is 0 Å². The summed E-state index contributed by atoms with van der Waals surface area (Å²) in [6.07, 6.45) is 13.7. The van der Waals surface area contributed by atoms with Crippen molar-refractivity contribution in [3.63, 3.8) is 0 Å². The summed E-state index contributed by atoms with van der Waals surface area (Å²) in [5.74, 6) is 0. The molecule has 0 saturated heterocycles. The summed E-state index contributed by atoms with van der Waals surface area (Å²) in [6, 6.07) is 0. The molecule has 0 aromatic rings. The first-order chi connectivity index (χ1) is 9.45. The molecule has 0 spiro atoms. The van der Waals surface area contributed by atoms with E-state index >= 15 is 0 Å². The smallest absolute Gasteiger partial charge is 0.0165 e. The second-order valence-corrected chi connectivity index (χ2v) is 5.97. The highest BCUT2D eigenvalue weighted by atomic mass is 15.1. The van der Waals surface area contributed by atoms with Gasteiger partial charge in [0.25, 0.3) is 0 Å². The van der Waals surface area contributed by atoms with Crippen molar-refractivity contribution in [3.8, 4) is 0 Å². The number of rotatable bonds is 10. The highest BCUT2D eigenvalue weighted by Gasteiger charge is 1.94. The monoisotopic (exact) mass is 275 g/mol. The summed E-state index contributed by atoms with van der Waals surface area (Å²) in [6.45, 7) is 14.5. The summed E-state index contributed by atoms with van der Waals surface area (Å²) >= 11 is 0. The predicted molar refractivity (Wildman–Crippen MR) is 93.1 cm³/mol. The van der Waals surface area contributed by atoms with Gasteiger partial charge in [-0.1, -0.05) is 41.0 Å². The summed E-state index contributed by atoms with van der Waals surface area (Å²) in [5.41, 5.74) is 4.41. The fraction of sp³-hybridized carbons (Fsp3) is 0.579. The Kier molecular flexibility index (Phi) is 11.1. The van der Waals surface area contributed by atoms with Crippen LogP contribution in [0.25, 0.3) is 0 Å². The molecule has 114 valence electrons. The second kappa shape index (κ2) is 11.7. The van der Waals surface area contributed by atoms with Gasteiger partial charge in [0.2, 0.25) is 0 Å². The van der Waals surface area contributed by atoms with Gasteiger partial charge < -0.3 is 0 Å². The molecule has 0 atom stereocenters. The molecule has 0 N–H and O–H groups in total. The predicted octanol–water partition coefficient (Wildman–Crippen LogP) is 5.52. The molecule has 0 aromatic carbocycles. The first-order valence-electron chi connectivity index (χ1n) is 7.69. The highest BCUT2D eigenvalue weighted by Crippen LogP contribution is 2.11. The Morgan fingerprint density at radius 3 is 1.95 bits per heavy atom. The zero-order valence-corrected chi connectivity index (χ0v) is 14.2. The quantitative estimate of drug-likeness (QED) is 0.474. The molecule has 1 nitrogen and oxygen atoms in total. The van der Waals surface area contributed by atoms with Crippen LogP contribution < -0.4 is 0 Å². The van der Waals surface area contributed by atoms with E-state index in [1.807, 2.05) is 6.08 Å². The van der Waals surface area contributed by atoms with Gasteiger partial charge in [-0.15, -0.1) is 6.58 Å². The summed E-state index contributed by atoms with van der Waals surface area (Å²) in [4.78, 5) is 2.26. The van der Waals surface area contributed by atoms with Crippen molar-refractivity contribution in [2.75, 3.05) is 20.1 Å². The second-order valence-electron chi connectivity index (χ2n) is 5.97. The Labute approximate surface area is 126 Å². The average molecular weight is 275 g/mol. The molecule has 0 unspecified atom stereocenters. The van der Waals surface area contributed by atoms with Gasteiger partial charge in [-0.3, -0.25) is 4.90 Å². The van der Waals surface area contributed by atoms with Crippen LogP contribution in [0.5, 0.6) is 0 Å². The lowest BCUT2D eigenvalue weighted by molar-refractivity contribution is 0.411. The molecule has 0 aliphatic carbocycles. The third-order valence-electron chi connectivity index (χ3n) is 3.31. The van der Waals surface area contributed by atoms with Crippen LogP contribution in [-0.4, -0.2) is 25.0 Å². The van der Waals surface area contributed by atoms with Crippen LogP contribution in [0, 0.1) is 0 Å². The molecule has 0 aromatic heterocycles. The summed E-state index contributed by atoms with van der Waals surface area (Å²) < 4.78 is 0. The third kappa shape index (κ3) is 12.0. The van der Waals surface area contributed by atoms with E-state index < -0.39 is 0 Å². The molecule has 0 bridgehead atoms. The molecule has 20 heavy (non-hydrogen) atoms. The minimum absolute atomic E-state index is 0.952. The lowest BCUT2D eigenvalue weighted by atomic mass is 10.1. The Morgan fingerprint density at radius 1 is 0.850 bits per heavy atom. The molecular formula is C19H33N. The van der Waals surface area contributed by atoms with E-state index in [0.29, 0.717) is 0 Å². The van der Waals surface area contributed by atoms with Crippen LogP contribution in [0.1, 0.15) is 53.4 Å². The SMILES string of the molecule is C=CCN(C)C/C=C(\C)CC/C=C(\C)CCC=C(C)C. The normalized spacial score (nSPS) is 12.7. The minimum Gasteiger partial charge on any atom is -0.299 e. The van der Waals surface area contributed by atoms with Gasteiger partial charge in [0, 0.05) is 13.1 Å². The third-order valence-corrected chi connectivity index (χ3v) is 3.31. The van der Waals surface area contributed by atoms with Crippen molar-refractivity contribution in [2.24, 2.45) is 0 Å². The van der Waals surface area contributed by atoms with E-state index in [-0.39, 0.29) is 0 Å². The lowest BCUT2D eigenvalue weighted by Crippen LogP contribution is -2.18. The van der Waals surface area contributed by atoms with Crippen LogP contribution >= 0.6 is 0 Å². The average Bonchev–Trinajstić information content (AvgIpc) is 2.36. The Morgan fingerprint density at radius 2 is 1.40 bits per heavy atom. The van der Waals surface area contributed by atoms with Gasteiger partial charge in [-0.2, -0.15) is 0 Å². The van der Waals surface area contributed by atoms with Gasteiger partial charge in [-0.25, -0.2) is 0 Å². The van der Waals surface area contributed by atoms with Crippen molar-refractivity contribution < 1.29 is 0 Å². The Bertz CT molecular complexity index is 354. The molecule has 0 rings (SSSR count). The van der Waals surface area contributed by atoms with Gasteiger partial charge in [0.15, 0.2) is 0 Å². The van der Waals surface area contributed by atoms with Gasteiger partial charge in [-0.05, 0) is 60.4 Å². The Hall–Kier alpha value is -1.08. The largest absolute Gasteiger partial charge is 0.299 e. The van der Waals surface area contributed by atoms with Crippen molar-refractivity contribution in [1.82, 2.24) is 4.90 Å². The first kappa shape index (κ1) is 18.9. The number of hydrogen-bond acceptors (Lipinski definition) is 1. The van der Waals surface area contributed by atoms with Gasteiger partial charge in [0.1, 0.15) is 0 Å². The van der Waals surface area contributed by atoms with Crippen molar-refractivity contribution in [3.05, 3.63) is 47.6 Å². The van der Waals surface area contributed by atoms with Crippen LogP contribution in [0.4, 0.5) is 0 Å². The molecule has 0 aliphatic rings. The molecule has 1 heteroatoms. The molecule has 0 radical (unpaired) electrons. The maximum Gasteiger partial charge on any atom is 0.0165 e. The molecule has 0 aliphatic heterocycles. The van der Waals surface area contributed by atoms with E-state index in [0.717, 1.165) is 19.5 Å². The number of nitrogens with zero attached hydrogens (tertiary/aromatic N) is 1. The number of likely N-dealkylation sites (N-methyl/N-ethyl adjacent to an activating group) is 1. The highest BCUT2D eigenvalue weighted by molar-refractivity contribution is 5.05.